The van der Waals surface area contributed by atoms with Crippen molar-refractivity contribution in [2.75, 3.05) is 13.2 Å². The molecule has 1 rings (SSSR count). The van der Waals surface area contributed by atoms with Crippen LogP contribution in [-0.2, 0) is 4.74 Å². The second kappa shape index (κ2) is 10.6. The molecule has 0 heterocycles. The molecular weight excluding hydrogens is 246 g/mol. The van der Waals surface area contributed by atoms with Crippen LogP contribution >= 0.6 is 0 Å². The van der Waals surface area contributed by atoms with Crippen LogP contribution in [0.4, 0.5) is 0 Å². The Labute approximate surface area is 127 Å². The van der Waals surface area contributed by atoms with Crippen LogP contribution in [0.5, 0.6) is 0 Å². The van der Waals surface area contributed by atoms with E-state index in [1.54, 1.807) is 0 Å². The smallest absolute Gasteiger partial charge is 0.0758 e. The molecule has 2 atom stereocenters. The van der Waals surface area contributed by atoms with Crippen molar-refractivity contribution in [3.63, 3.8) is 0 Å². The van der Waals surface area contributed by atoms with E-state index in [1.807, 2.05) is 0 Å². The van der Waals surface area contributed by atoms with Crippen LogP contribution in [0.15, 0.2) is 0 Å². The van der Waals surface area contributed by atoms with Crippen LogP contribution < -0.4 is 5.32 Å². The average Bonchev–Trinajstić information content (AvgIpc) is 2.50. The summed E-state index contributed by atoms with van der Waals surface area (Å²) in [6.45, 7) is 11.0. The van der Waals surface area contributed by atoms with E-state index in [0.717, 1.165) is 25.0 Å². The van der Waals surface area contributed by atoms with Crippen LogP contribution in [0, 0.1) is 11.8 Å². The Bertz CT molecular complexity index is 221. The fourth-order valence-corrected chi connectivity index (χ4v) is 3.85. The lowest BCUT2D eigenvalue weighted by Crippen LogP contribution is -2.50. The molecule has 1 fully saturated rings. The molecule has 1 saturated carbocycles. The number of hydrogen-bond donors (Lipinski definition) is 1. The second-order valence-electron chi connectivity index (χ2n) is 6.37. The standard InChI is InChI=1S/C18H37NO/c1-5-14-19-17(15(6-2)7-3)18(20-8-4)16-12-10-9-11-13-16/h15-19H,5-14H2,1-4H3. The van der Waals surface area contributed by atoms with Gasteiger partial charge in [-0.1, -0.05) is 52.9 Å². The van der Waals surface area contributed by atoms with Crippen LogP contribution in [0.2, 0.25) is 0 Å². The predicted octanol–water partition coefficient (Wildman–Crippen LogP) is 4.78. The Morgan fingerprint density at radius 1 is 1.00 bits per heavy atom. The van der Waals surface area contributed by atoms with E-state index in [0.29, 0.717) is 12.1 Å². The van der Waals surface area contributed by atoms with Gasteiger partial charge in [-0.05, 0) is 44.6 Å². The highest BCUT2D eigenvalue weighted by atomic mass is 16.5. The lowest BCUT2D eigenvalue weighted by atomic mass is 9.78. The monoisotopic (exact) mass is 283 g/mol. The Balaban J connectivity index is 2.77. The van der Waals surface area contributed by atoms with Crippen molar-refractivity contribution in [2.45, 2.75) is 91.2 Å². The minimum Gasteiger partial charge on any atom is -0.377 e. The predicted molar refractivity (Wildman–Crippen MR) is 88.1 cm³/mol. The van der Waals surface area contributed by atoms with Gasteiger partial charge in [-0.25, -0.2) is 0 Å². The summed E-state index contributed by atoms with van der Waals surface area (Å²) in [5.74, 6) is 1.53. The lowest BCUT2D eigenvalue weighted by molar-refractivity contribution is -0.0322. The first-order valence-electron chi connectivity index (χ1n) is 9.13. The molecule has 0 saturated heterocycles. The van der Waals surface area contributed by atoms with Crippen molar-refractivity contribution >= 4 is 0 Å². The first-order chi connectivity index (χ1) is 9.78. The first kappa shape index (κ1) is 18.0. The Hall–Kier alpha value is -0.0800. The quantitative estimate of drug-likeness (QED) is 0.623. The highest BCUT2D eigenvalue weighted by molar-refractivity contribution is 4.88. The SMILES string of the molecule is CCCNC(C(CC)CC)C(OCC)C1CCCCC1. The molecule has 120 valence electrons. The molecule has 0 bridgehead atoms. The largest absolute Gasteiger partial charge is 0.377 e. The number of ether oxygens (including phenoxy) is 1. The molecule has 20 heavy (non-hydrogen) atoms. The van der Waals surface area contributed by atoms with Gasteiger partial charge in [0.15, 0.2) is 0 Å². The summed E-state index contributed by atoms with van der Waals surface area (Å²) in [5, 5.41) is 3.83. The van der Waals surface area contributed by atoms with E-state index in [4.69, 9.17) is 4.74 Å². The van der Waals surface area contributed by atoms with E-state index in [9.17, 15) is 0 Å². The fraction of sp³-hybridized carbons (Fsp3) is 1.00. The van der Waals surface area contributed by atoms with E-state index < -0.39 is 0 Å². The summed E-state index contributed by atoms with van der Waals surface area (Å²) >= 11 is 0. The third kappa shape index (κ3) is 5.37. The molecule has 2 unspecified atom stereocenters. The molecule has 2 nitrogen and oxygen atoms in total. The zero-order valence-corrected chi connectivity index (χ0v) is 14.3. The number of nitrogens with one attached hydrogen (secondary N) is 1. The summed E-state index contributed by atoms with van der Waals surface area (Å²) in [7, 11) is 0. The zero-order valence-electron chi connectivity index (χ0n) is 14.3. The van der Waals surface area contributed by atoms with Gasteiger partial charge in [0.05, 0.1) is 6.10 Å². The minimum atomic E-state index is 0.428. The van der Waals surface area contributed by atoms with E-state index in [2.05, 4.69) is 33.0 Å². The number of rotatable bonds is 10. The third-order valence-corrected chi connectivity index (χ3v) is 5.01. The summed E-state index contributed by atoms with van der Waals surface area (Å²) in [5.41, 5.74) is 0. The van der Waals surface area contributed by atoms with Crippen molar-refractivity contribution in [3.05, 3.63) is 0 Å². The number of hydrogen-bond acceptors (Lipinski definition) is 2. The van der Waals surface area contributed by atoms with Crippen molar-refractivity contribution in [1.82, 2.24) is 5.32 Å². The van der Waals surface area contributed by atoms with Gasteiger partial charge in [0.1, 0.15) is 0 Å². The molecule has 0 aromatic carbocycles. The van der Waals surface area contributed by atoms with Gasteiger partial charge in [-0.2, -0.15) is 0 Å². The first-order valence-corrected chi connectivity index (χ1v) is 9.13. The van der Waals surface area contributed by atoms with Gasteiger partial charge in [0.2, 0.25) is 0 Å². The second-order valence-corrected chi connectivity index (χ2v) is 6.37. The third-order valence-electron chi connectivity index (χ3n) is 5.01. The molecule has 0 aromatic heterocycles. The Morgan fingerprint density at radius 2 is 1.65 bits per heavy atom. The van der Waals surface area contributed by atoms with E-state index in [1.165, 1.54) is 51.4 Å². The maximum Gasteiger partial charge on any atom is 0.0758 e. The molecule has 0 amide bonds. The summed E-state index contributed by atoms with van der Waals surface area (Å²) in [4.78, 5) is 0. The molecular formula is C18H37NO. The summed E-state index contributed by atoms with van der Waals surface area (Å²) < 4.78 is 6.26. The van der Waals surface area contributed by atoms with Gasteiger partial charge in [0.25, 0.3) is 0 Å². The van der Waals surface area contributed by atoms with E-state index >= 15 is 0 Å². The van der Waals surface area contributed by atoms with Crippen molar-refractivity contribution in [2.24, 2.45) is 11.8 Å². The Kier molecular flexibility index (Phi) is 9.54. The molecule has 1 aliphatic rings. The molecule has 0 aromatic rings. The molecule has 2 heteroatoms. The summed E-state index contributed by atoms with van der Waals surface area (Å²) in [6.07, 6.45) is 11.1. The van der Waals surface area contributed by atoms with Crippen molar-refractivity contribution < 1.29 is 4.74 Å². The highest BCUT2D eigenvalue weighted by Gasteiger charge is 2.34. The van der Waals surface area contributed by atoms with Gasteiger partial charge < -0.3 is 10.1 Å². The lowest BCUT2D eigenvalue weighted by Gasteiger charge is -2.39. The molecule has 0 aliphatic heterocycles. The van der Waals surface area contributed by atoms with Crippen LogP contribution in [0.25, 0.3) is 0 Å². The normalized spacial score (nSPS) is 20.2. The topological polar surface area (TPSA) is 21.3 Å². The van der Waals surface area contributed by atoms with E-state index in [-0.39, 0.29) is 0 Å². The zero-order chi connectivity index (χ0) is 14.8. The van der Waals surface area contributed by atoms with Gasteiger partial charge in [-0.15, -0.1) is 0 Å². The van der Waals surface area contributed by atoms with Crippen LogP contribution in [-0.4, -0.2) is 25.3 Å². The maximum absolute atomic E-state index is 6.26. The highest BCUT2D eigenvalue weighted by Crippen LogP contribution is 2.32. The van der Waals surface area contributed by atoms with Crippen molar-refractivity contribution in [1.29, 1.82) is 0 Å². The minimum absolute atomic E-state index is 0.428. The molecule has 1 N–H and O–H groups in total. The molecule has 1 aliphatic carbocycles. The van der Waals surface area contributed by atoms with Crippen LogP contribution in [0.3, 0.4) is 0 Å². The van der Waals surface area contributed by atoms with Crippen molar-refractivity contribution in [3.8, 4) is 0 Å². The van der Waals surface area contributed by atoms with Gasteiger partial charge >= 0.3 is 0 Å². The van der Waals surface area contributed by atoms with Gasteiger partial charge in [0, 0.05) is 12.6 Å². The van der Waals surface area contributed by atoms with Crippen LogP contribution in [0.1, 0.15) is 79.1 Å². The summed E-state index contributed by atoms with van der Waals surface area (Å²) in [6, 6.07) is 0.549. The fourth-order valence-electron chi connectivity index (χ4n) is 3.85. The average molecular weight is 284 g/mol. The maximum atomic E-state index is 6.26. The molecule has 0 radical (unpaired) electrons. The molecule has 0 spiro atoms. The Morgan fingerprint density at radius 3 is 2.15 bits per heavy atom. The van der Waals surface area contributed by atoms with Gasteiger partial charge in [-0.3, -0.25) is 0 Å².